The Labute approximate surface area is 129 Å². The van der Waals surface area contributed by atoms with Gasteiger partial charge in [0, 0.05) is 17.7 Å². The van der Waals surface area contributed by atoms with Crippen molar-refractivity contribution in [2.24, 2.45) is 11.8 Å². The Morgan fingerprint density at radius 2 is 2.23 bits per heavy atom. The molecular formula is C17H18N2O3. The number of Topliss-reactive ketones (excluding diaryl/α,β-unsaturated/α-hetero) is 1. The van der Waals surface area contributed by atoms with Crippen molar-refractivity contribution in [1.29, 1.82) is 5.26 Å². The predicted octanol–water partition coefficient (Wildman–Crippen LogP) is 2.70. The molecule has 1 N–H and O–H groups in total. The highest BCUT2D eigenvalue weighted by atomic mass is 16.5. The van der Waals surface area contributed by atoms with Crippen LogP contribution in [0.25, 0.3) is 0 Å². The second kappa shape index (κ2) is 7.41. The molecule has 5 nitrogen and oxygen atoms in total. The van der Waals surface area contributed by atoms with Crippen LogP contribution in [0.3, 0.4) is 0 Å². The molecule has 1 aliphatic carbocycles. The van der Waals surface area contributed by atoms with Gasteiger partial charge >= 0.3 is 0 Å². The highest BCUT2D eigenvalue weighted by molar-refractivity contribution is 6.10. The van der Waals surface area contributed by atoms with Crippen molar-refractivity contribution >= 4 is 17.4 Å². The molecule has 2 atom stereocenters. The number of ketones is 1. The van der Waals surface area contributed by atoms with Gasteiger partial charge in [0.15, 0.2) is 11.7 Å². The zero-order chi connectivity index (χ0) is 15.9. The molecule has 1 aromatic rings. The largest absolute Gasteiger partial charge is 0.497 e. The maximum atomic E-state index is 12.3. The number of hydrogen-bond donors (Lipinski definition) is 1. The number of rotatable bonds is 5. The number of amides is 1. The van der Waals surface area contributed by atoms with E-state index in [1.807, 2.05) is 18.2 Å². The van der Waals surface area contributed by atoms with Gasteiger partial charge in [-0.15, -0.1) is 0 Å². The van der Waals surface area contributed by atoms with Crippen LogP contribution >= 0.6 is 0 Å². The van der Waals surface area contributed by atoms with Gasteiger partial charge in [-0.3, -0.25) is 9.59 Å². The molecule has 2 rings (SSSR count). The summed E-state index contributed by atoms with van der Waals surface area (Å²) in [5, 5.41) is 11.8. The number of hydrogen-bond acceptors (Lipinski definition) is 4. The smallest absolute Gasteiger partial charge is 0.249 e. The molecule has 0 heterocycles. The lowest BCUT2D eigenvalue weighted by molar-refractivity contribution is -0.131. The first kappa shape index (κ1) is 15.8. The standard InChI is InChI=1S/C17H18N2O3/c1-22-14-9-5-8-13(10-14)19-17(21)15(11-18)16(20)12-6-3-2-4-7-12/h2-3,5,8-10,12,15H,4,6-7H2,1H3,(H,19,21)/t12-,15-/m1/s1. The molecule has 114 valence electrons. The Morgan fingerprint density at radius 3 is 2.86 bits per heavy atom. The zero-order valence-corrected chi connectivity index (χ0v) is 12.4. The molecule has 22 heavy (non-hydrogen) atoms. The fourth-order valence-corrected chi connectivity index (χ4v) is 2.45. The molecule has 0 saturated carbocycles. The van der Waals surface area contributed by atoms with Crippen molar-refractivity contribution in [3.8, 4) is 11.8 Å². The monoisotopic (exact) mass is 298 g/mol. The Kier molecular flexibility index (Phi) is 5.31. The molecule has 0 aromatic heterocycles. The molecular weight excluding hydrogens is 280 g/mol. The number of nitriles is 1. The van der Waals surface area contributed by atoms with E-state index in [2.05, 4.69) is 5.32 Å². The molecule has 1 aliphatic rings. The third kappa shape index (κ3) is 3.73. The fourth-order valence-electron chi connectivity index (χ4n) is 2.45. The van der Waals surface area contributed by atoms with Crippen molar-refractivity contribution in [3.63, 3.8) is 0 Å². The Morgan fingerprint density at radius 1 is 1.41 bits per heavy atom. The molecule has 1 aromatic carbocycles. The number of carbonyl (C=O) groups excluding carboxylic acids is 2. The normalized spacial score (nSPS) is 18.1. The summed E-state index contributed by atoms with van der Waals surface area (Å²) in [6, 6.07) is 8.63. The molecule has 0 radical (unpaired) electrons. The Hall–Kier alpha value is -2.61. The van der Waals surface area contributed by atoms with Crippen molar-refractivity contribution in [1.82, 2.24) is 0 Å². The van der Waals surface area contributed by atoms with Crippen LogP contribution in [0.15, 0.2) is 36.4 Å². The van der Waals surface area contributed by atoms with Gasteiger partial charge in [0.05, 0.1) is 13.2 Å². The lowest BCUT2D eigenvalue weighted by Gasteiger charge is -2.19. The fraction of sp³-hybridized carbons (Fsp3) is 0.353. The quantitative estimate of drug-likeness (QED) is 0.669. The first-order valence-electron chi connectivity index (χ1n) is 7.19. The van der Waals surface area contributed by atoms with Gasteiger partial charge in [0.2, 0.25) is 5.91 Å². The highest BCUT2D eigenvalue weighted by Gasteiger charge is 2.32. The minimum atomic E-state index is -1.28. The Balaban J connectivity index is 2.06. The molecule has 5 heteroatoms. The summed E-state index contributed by atoms with van der Waals surface area (Å²) in [6.07, 6.45) is 6.05. The third-order valence-electron chi connectivity index (χ3n) is 3.68. The first-order valence-corrected chi connectivity index (χ1v) is 7.19. The van der Waals surface area contributed by atoms with E-state index in [1.165, 1.54) is 7.11 Å². The number of carbonyl (C=O) groups is 2. The SMILES string of the molecule is COc1cccc(NC(=O)[C@H](C#N)C(=O)[C@@H]2CC=CCC2)c1. The van der Waals surface area contributed by atoms with Gasteiger partial charge in [0.1, 0.15) is 5.75 Å². The minimum Gasteiger partial charge on any atom is -0.497 e. The summed E-state index contributed by atoms with van der Waals surface area (Å²) < 4.78 is 5.08. The van der Waals surface area contributed by atoms with E-state index in [1.54, 1.807) is 24.3 Å². The first-order chi connectivity index (χ1) is 10.7. The van der Waals surface area contributed by atoms with Crippen LogP contribution in [-0.4, -0.2) is 18.8 Å². The van der Waals surface area contributed by atoms with Crippen LogP contribution in [-0.2, 0) is 9.59 Å². The van der Waals surface area contributed by atoms with E-state index in [0.29, 0.717) is 24.3 Å². The summed E-state index contributed by atoms with van der Waals surface area (Å²) in [7, 11) is 1.53. The van der Waals surface area contributed by atoms with Gasteiger partial charge in [-0.1, -0.05) is 18.2 Å². The molecule has 0 aliphatic heterocycles. The third-order valence-corrected chi connectivity index (χ3v) is 3.68. The maximum absolute atomic E-state index is 12.3. The van der Waals surface area contributed by atoms with E-state index in [4.69, 9.17) is 4.74 Å². The van der Waals surface area contributed by atoms with Crippen molar-refractivity contribution in [2.45, 2.75) is 19.3 Å². The average Bonchev–Trinajstić information content (AvgIpc) is 2.56. The lowest BCUT2D eigenvalue weighted by atomic mass is 9.84. The predicted molar refractivity (Wildman–Crippen MR) is 82.2 cm³/mol. The molecule has 0 saturated heterocycles. The zero-order valence-electron chi connectivity index (χ0n) is 12.4. The maximum Gasteiger partial charge on any atom is 0.249 e. The van der Waals surface area contributed by atoms with Gasteiger partial charge < -0.3 is 10.1 Å². The summed E-state index contributed by atoms with van der Waals surface area (Å²) in [6.45, 7) is 0. The minimum absolute atomic E-state index is 0.245. The topological polar surface area (TPSA) is 79.2 Å². The molecule has 1 amide bonds. The molecule has 0 spiro atoms. The number of nitrogens with zero attached hydrogens (tertiary/aromatic N) is 1. The van der Waals surface area contributed by atoms with Crippen LogP contribution in [0.2, 0.25) is 0 Å². The number of ether oxygens (including phenoxy) is 1. The molecule has 0 unspecified atom stereocenters. The number of benzene rings is 1. The van der Waals surface area contributed by atoms with Crippen LogP contribution in [0.4, 0.5) is 5.69 Å². The molecule has 0 bridgehead atoms. The number of allylic oxidation sites excluding steroid dienone is 2. The lowest BCUT2D eigenvalue weighted by Crippen LogP contribution is -2.33. The van der Waals surface area contributed by atoms with E-state index in [-0.39, 0.29) is 11.7 Å². The second-order valence-electron chi connectivity index (χ2n) is 5.17. The summed E-state index contributed by atoms with van der Waals surface area (Å²) in [4.78, 5) is 24.6. The second-order valence-corrected chi connectivity index (χ2v) is 5.17. The summed E-state index contributed by atoms with van der Waals surface area (Å²) in [5.74, 6) is -1.81. The van der Waals surface area contributed by atoms with Crippen molar-refractivity contribution < 1.29 is 14.3 Å². The van der Waals surface area contributed by atoms with Crippen molar-refractivity contribution in [2.75, 3.05) is 12.4 Å². The van der Waals surface area contributed by atoms with Gasteiger partial charge in [-0.2, -0.15) is 5.26 Å². The van der Waals surface area contributed by atoms with E-state index < -0.39 is 11.8 Å². The number of methoxy groups -OCH3 is 1. The number of anilines is 1. The van der Waals surface area contributed by atoms with Crippen LogP contribution in [0.5, 0.6) is 5.75 Å². The average molecular weight is 298 g/mol. The van der Waals surface area contributed by atoms with Gasteiger partial charge in [-0.25, -0.2) is 0 Å². The van der Waals surface area contributed by atoms with Crippen LogP contribution in [0, 0.1) is 23.2 Å². The van der Waals surface area contributed by atoms with E-state index in [9.17, 15) is 14.9 Å². The Bertz CT molecular complexity index is 631. The van der Waals surface area contributed by atoms with Crippen LogP contribution in [0.1, 0.15) is 19.3 Å². The summed E-state index contributed by atoms with van der Waals surface area (Å²) >= 11 is 0. The van der Waals surface area contributed by atoms with Gasteiger partial charge in [0.25, 0.3) is 0 Å². The van der Waals surface area contributed by atoms with Crippen LogP contribution < -0.4 is 10.1 Å². The summed E-state index contributed by atoms with van der Waals surface area (Å²) in [5.41, 5.74) is 0.501. The molecule has 0 fully saturated rings. The van der Waals surface area contributed by atoms with E-state index >= 15 is 0 Å². The van der Waals surface area contributed by atoms with Crippen molar-refractivity contribution in [3.05, 3.63) is 36.4 Å². The highest BCUT2D eigenvalue weighted by Crippen LogP contribution is 2.23. The van der Waals surface area contributed by atoms with Gasteiger partial charge in [-0.05, 0) is 31.4 Å². The van der Waals surface area contributed by atoms with E-state index in [0.717, 1.165) is 6.42 Å². The number of nitrogens with one attached hydrogen (secondary N) is 1.